The highest BCUT2D eigenvalue weighted by molar-refractivity contribution is 5.70. The second-order valence-electron chi connectivity index (χ2n) is 5.96. The highest BCUT2D eigenvalue weighted by Crippen LogP contribution is 2.28. The molecule has 1 saturated heterocycles. The van der Waals surface area contributed by atoms with Crippen LogP contribution in [0.4, 0.5) is 0 Å². The van der Waals surface area contributed by atoms with E-state index >= 15 is 0 Å². The lowest BCUT2D eigenvalue weighted by Gasteiger charge is -2.38. The number of hydrogen-bond donors (Lipinski definition) is 0. The molecule has 1 fully saturated rings. The van der Waals surface area contributed by atoms with Gasteiger partial charge in [-0.3, -0.25) is 4.79 Å². The summed E-state index contributed by atoms with van der Waals surface area (Å²) in [6.45, 7) is 12.9. The van der Waals surface area contributed by atoms with Gasteiger partial charge in [-0.25, -0.2) is 0 Å². The topological polar surface area (TPSA) is 61.8 Å². The average molecular weight is 288 g/mol. The average Bonchev–Trinajstić information content (AvgIpc) is 2.26. The summed E-state index contributed by atoms with van der Waals surface area (Å²) in [6, 6.07) is 0. The van der Waals surface area contributed by atoms with E-state index in [0.29, 0.717) is 6.42 Å². The first-order valence-corrected chi connectivity index (χ1v) is 7.14. The summed E-state index contributed by atoms with van der Waals surface area (Å²) in [5.74, 6) is -1.17. The molecule has 1 heterocycles. The third-order valence-corrected chi connectivity index (χ3v) is 2.35. The van der Waals surface area contributed by atoms with E-state index in [0.717, 1.165) is 6.29 Å². The second-order valence-corrected chi connectivity index (χ2v) is 5.96. The molecule has 0 aromatic rings. The van der Waals surface area contributed by atoms with E-state index in [1.54, 1.807) is 13.8 Å². The molecule has 2 unspecified atom stereocenters. The molecule has 1 aliphatic heterocycles. The van der Waals surface area contributed by atoms with Crippen molar-refractivity contribution < 1.29 is 23.8 Å². The molecule has 0 aromatic heterocycles. The van der Waals surface area contributed by atoms with Crippen LogP contribution in [0.1, 0.15) is 61.3 Å². The fourth-order valence-electron chi connectivity index (χ4n) is 1.93. The monoisotopic (exact) mass is 288 g/mol. The zero-order valence-corrected chi connectivity index (χ0v) is 13.7. The molecule has 5 nitrogen and oxygen atoms in total. The van der Waals surface area contributed by atoms with Gasteiger partial charge in [-0.05, 0) is 34.6 Å². The van der Waals surface area contributed by atoms with Crippen molar-refractivity contribution in [2.24, 2.45) is 0 Å². The summed E-state index contributed by atoms with van der Waals surface area (Å²) >= 11 is 0. The Labute approximate surface area is 122 Å². The van der Waals surface area contributed by atoms with Crippen molar-refractivity contribution in [3.8, 4) is 0 Å². The van der Waals surface area contributed by atoms with E-state index < -0.39 is 17.5 Å². The van der Waals surface area contributed by atoms with Gasteiger partial charge >= 0.3 is 5.97 Å². The van der Waals surface area contributed by atoms with Gasteiger partial charge in [0.15, 0.2) is 5.79 Å². The van der Waals surface area contributed by atoms with Crippen molar-refractivity contribution in [1.82, 2.24) is 0 Å². The molecule has 1 aliphatic rings. The Balaban J connectivity index is 0.00000172. The molecular weight excluding hydrogens is 260 g/mol. The minimum Gasteiger partial charge on any atom is -0.460 e. The van der Waals surface area contributed by atoms with Gasteiger partial charge in [0.25, 0.3) is 0 Å². The number of hydrogen-bond acceptors (Lipinski definition) is 5. The third kappa shape index (κ3) is 7.60. The van der Waals surface area contributed by atoms with Crippen molar-refractivity contribution >= 4 is 12.3 Å². The number of ether oxygens (including phenoxy) is 3. The Kier molecular flexibility index (Phi) is 7.38. The lowest BCUT2D eigenvalue weighted by molar-refractivity contribution is -0.291. The summed E-state index contributed by atoms with van der Waals surface area (Å²) in [5, 5.41) is 0. The molecule has 0 aromatic carbocycles. The smallest absolute Gasteiger partial charge is 0.308 e. The maximum Gasteiger partial charge on any atom is 0.308 e. The minimum absolute atomic E-state index is 0.133. The summed E-state index contributed by atoms with van der Waals surface area (Å²) in [4.78, 5) is 22.5. The maximum atomic E-state index is 11.7. The van der Waals surface area contributed by atoms with Crippen molar-refractivity contribution in [1.29, 1.82) is 0 Å². The maximum absolute atomic E-state index is 11.7. The van der Waals surface area contributed by atoms with Crippen LogP contribution in [0, 0.1) is 0 Å². The van der Waals surface area contributed by atoms with Gasteiger partial charge in [-0.15, -0.1) is 0 Å². The number of rotatable bonds is 3. The molecule has 2 atom stereocenters. The van der Waals surface area contributed by atoms with Crippen LogP contribution in [0.2, 0.25) is 0 Å². The molecule has 0 bridgehead atoms. The predicted octanol–water partition coefficient (Wildman–Crippen LogP) is 2.85. The Morgan fingerprint density at radius 1 is 1.30 bits per heavy atom. The van der Waals surface area contributed by atoms with Crippen molar-refractivity contribution in [3.63, 3.8) is 0 Å². The van der Waals surface area contributed by atoms with Crippen LogP contribution in [0.25, 0.3) is 0 Å². The molecule has 1 rings (SSSR count). The normalized spacial score (nSPS) is 25.1. The van der Waals surface area contributed by atoms with Crippen molar-refractivity contribution in [2.75, 3.05) is 0 Å². The van der Waals surface area contributed by atoms with Crippen molar-refractivity contribution in [2.45, 2.75) is 84.9 Å². The van der Waals surface area contributed by atoms with E-state index in [1.165, 1.54) is 0 Å². The Morgan fingerprint density at radius 2 is 1.85 bits per heavy atom. The quantitative estimate of drug-likeness (QED) is 0.590. The molecule has 0 N–H and O–H groups in total. The molecule has 0 spiro atoms. The Hall–Kier alpha value is -0.940. The second kappa shape index (κ2) is 7.74. The van der Waals surface area contributed by atoms with Crippen LogP contribution in [0.3, 0.4) is 0 Å². The van der Waals surface area contributed by atoms with Crippen molar-refractivity contribution in [3.05, 3.63) is 0 Å². The highest BCUT2D eigenvalue weighted by Gasteiger charge is 2.36. The molecule has 0 amide bonds. The van der Waals surface area contributed by atoms with Gasteiger partial charge in [0.1, 0.15) is 18.0 Å². The number of esters is 1. The van der Waals surface area contributed by atoms with E-state index in [2.05, 4.69) is 0 Å². The summed E-state index contributed by atoms with van der Waals surface area (Å²) in [6.07, 6.45) is 0.382. The van der Waals surface area contributed by atoms with Crippen LogP contribution >= 0.6 is 0 Å². The number of aldehydes is 1. The first-order valence-electron chi connectivity index (χ1n) is 7.14. The molecule has 118 valence electrons. The summed E-state index contributed by atoms with van der Waals surface area (Å²) in [5.41, 5.74) is -0.512. The Morgan fingerprint density at radius 3 is 2.30 bits per heavy atom. The summed E-state index contributed by atoms with van der Waals surface area (Å²) in [7, 11) is 0. The zero-order chi connectivity index (χ0) is 16.0. The minimum atomic E-state index is -0.851. The molecule has 5 heteroatoms. The molecule has 0 saturated carbocycles. The lowest BCUT2D eigenvalue weighted by atomic mass is 10.1. The van der Waals surface area contributed by atoms with Crippen LogP contribution in [-0.2, 0) is 23.8 Å². The highest BCUT2D eigenvalue weighted by atomic mass is 16.7. The molecule has 20 heavy (non-hydrogen) atoms. The predicted molar refractivity (Wildman–Crippen MR) is 76.3 cm³/mol. The van der Waals surface area contributed by atoms with Gasteiger partial charge in [-0.2, -0.15) is 0 Å². The molecular formula is C15H28O5. The van der Waals surface area contributed by atoms with Gasteiger partial charge in [0, 0.05) is 6.42 Å². The van der Waals surface area contributed by atoms with E-state index in [1.807, 2.05) is 34.6 Å². The van der Waals surface area contributed by atoms with Gasteiger partial charge in [0.05, 0.1) is 12.5 Å². The van der Waals surface area contributed by atoms with Crippen LogP contribution in [0.5, 0.6) is 0 Å². The first kappa shape index (κ1) is 19.1. The Bertz CT molecular complexity index is 317. The molecule has 0 radical (unpaired) electrons. The van der Waals surface area contributed by atoms with E-state index in [4.69, 9.17) is 14.2 Å². The SMILES string of the molecule is CC.CC(C)(C)OC(=O)CC1CC(C=O)OC(C)(C)O1. The van der Waals surface area contributed by atoms with Crippen LogP contribution < -0.4 is 0 Å². The van der Waals surface area contributed by atoms with Gasteiger partial charge in [-0.1, -0.05) is 13.8 Å². The van der Waals surface area contributed by atoms with E-state index in [-0.39, 0.29) is 18.5 Å². The summed E-state index contributed by atoms with van der Waals surface area (Å²) < 4.78 is 16.2. The standard InChI is InChI=1S/C13H22O5.C2H6/c1-12(2,3)18-11(15)7-9-6-10(8-14)17-13(4,5)16-9;1-2/h8-10H,6-7H2,1-5H3;1-2H3. The number of carbonyl (C=O) groups is 2. The van der Waals surface area contributed by atoms with E-state index in [9.17, 15) is 9.59 Å². The van der Waals surface area contributed by atoms with Crippen LogP contribution in [0.15, 0.2) is 0 Å². The zero-order valence-electron chi connectivity index (χ0n) is 13.7. The lowest BCUT2D eigenvalue weighted by Crippen LogP contribution is -2.46. The third-order valence-electron chi connectivity index (χ3n) is 2.35. The van der Waals surface area contributed by atoms with Gasteiger partial charge < -0.3 is 19.0 Å². The largest absolute Gasteiger partial charge is 0.460 e. The first-order chi connectivity index (χ1) is 9.11. The fourth-order valence-corrected chi connectivity index (χ4v) is 1.93. The van der Waals surface area contributed by atoms with Crippen LogP contribution in [-0.4, -0.2) is 35.9 Å². The van der Waals surface area contributed by atoms with Gasteiger partial charge in [0.2, 0.25) is 0 Å². The molecule has 0 aliphatic carbocycles. The fraction of sp³-hybridized carbons (Fsp3) is 0.867. The number of carbonyl (C=O) groups excluding carboxylic acids is 2.